The average Bonchev–Trinajstić information content (AvgIpc) is 3.02. The summed E-state index contributed by atoms with van der Waals surface area (Å²) in [4.78, 5) is 11.9. The highest BCUT2D eigenvalue weighted by Gasteiger charge is 2.20. The molecule has 1 amide bonds. The first-order chi connectivity index (χ1) is 11.0. The number of thioether (sulfide) groups is 1. The Morgan fingerprint density at radius 2 is 2.09 bits per heavy atom. The lowest BCUT2D eigenvalue weighted by Crippen LogP contribution is -2.18. The predicted octanol–water partition coefficient (Wildman–Crippen LogP) is 3.61. The molecule has 2 aromatic rings. The van der Waals surface area contributed by atoms with E-state index in [-0.39, 0.29) is 23.6 Å². The quantitative estimate of drug-likeness (QED) is 0.691. The molecule has 0 aliphatic heterocycles. The molecule has 0 spiro atoms. The molecule has 8 heteroatoms. The van der Waals surface area contributed by atoms with E-state index in [1.807, 2.05) is 31.2 Å². The maximum Gasteiger partial charge on any atom is 0.277 e. The van der Waals surface area contributed by atoms with Crippen LogP contribution in [0.25, 0.3) is 0 Å². The number of rotatable bonds is 7. The fraction of sp³-hybridized carbons (Fsp3) is 0.400. The van der Waals surface area contributed by atoms with Gasteiger partial charge in [-0.3, -0.25) is 4.79 Å². The van der Waals surface area contributed by atoms with Crippen LogP contribution in [0.5, 0.6) is 0 Å². The zero-order chi connectivity index (χ0) is 16.8. The molecular weight excluding hydrogens is 380 g/mol. The third-order valence-corrected chi connectivity index (χ3v) is 4.77. The largest absolute Gasteiger partial charge is 0.414 e. The third kappa shape index (κ3) is 5.33. The van der Waals surface area contributed by atoms with Gasteiger partial charge in [0.15, 0.2) is 0 Å². The number of nitrogens with zero attached hydrogens (tertiary/aromatic N) is 2. The molecule has 0 aliphatic rings. The molecule has 0 saturated carbocycles. The van der Waals surface area contributed by atoms with Gasteiger partial charge in [-0.25, -0.2) is 0 Å². The van der Waals surface area contributed by atoms with Crippen LogP contribution in [0, 0.1) is 5.92 Å². The van der Waals surface area contributed by atoms with E-state index in [0.29, 0.717) is 11.1 Å². The number of carbonyl (C=O) groups excluding carboxylic acids is 1. The van der Waals surface area contributed by atoms with Gasteiger partial charge >= 0.3 is 0 Å². The minimum Gasteiger partial charge on any atom is -0.414 e. The molecule has 0 unspecified atom stereocenters. The van der Waals surface area contributed by atoms with Crippen molar-refractivity contribution in [1.82, 2.24) is 10.2 Å². The van der Waals surface area contributed by atoms with Crippen molar-refractivity contribution in [2.75, 3.05) is 11.1 Å². The van der Waals surface area contributed by atoms with Crippen LogP contribution >= 0.6 is 27.7 Å². The molecule has 2 rings (SSSR count). The molecule has 0 saturated heterocycles. The number of nitrogens with one attached hydrogen (secondary N) is 1. The van der Waals surface area contributed by atoms with E-state index in [0.717, 1.165) is 16.6 Å². The maximum absolute atomic E-state index is 11.9. The summed E-state index contributed by atoms with van der Waals surface area (Å²) in [6.07, 6.45) is 0.932. The van der Waals surface area contributed by atoms with Gasteiger partial charge in [-0.15, -0.1) is 10.2 Å². The van der Waals surface area contributed by atoms with Crippen LogP contribution in [-0.2, 0) is 4.79 Å². The molecule has 0 bridgehead atoms. The number of hydrogen-bond donors (Lipinski definition) is 2. The van der Waals surface area contributed by atoms with Gasteiger partial charge in [0.05, 0.1) is 11.8 Å². The van der Waals surface area contributed by atoms with Crippen LogP contribution in [0.1, 0.15) is 32.2 Å². The Kier molecular flexibility index (Phi) is 6.61. The topological polar surface area (TPSA) is 94.0 Å². The van der Waals surface area contributed by atoms with Crippen molar-refractivity contribution in [2.45, 2.75) is 31.5 Å². The lowest BCUT2D eigenvalue weighted by molar-refractivity contribution is -0.113. The van der Waals surface area contributed by atoms with E-state index in [1.54, 1.807) is 0 Å². The summed E-state index contributed by atoms with van der Waals surface area (Å²) < 4.78 is 6.47. The summed E-state index contributed by atoms with van der Waals surface area (Å²) in [5.74, 6) is 0.725. The van der Waals surface area contributed by atoms with Crippen molar-refractivity contribution in [3.05, 3.63) is 34.6 Å². The monoisotopic (exact) mass is 398 g/mol. The summed E-state index contributed by atoms with van der Waals surface area (Å²) in [6, 6.07) is 7.09. The molecule has 6 nitrogen and oxygen atoms in total. The molecule has 1 heterocycles. The number of benzene rings is 1. The van der Waals surface area contributed by atoms with E-state index in [9.17, 15) is 4.79 Å². The Hall–Kier alpha value is -1.38. The number of carbonyl (C=O) groups is 1. The highest BCUT2D eigenvalue weighted by atomic mass is 79.9. The van der Waals surface area contributed by atoms with Crippen LogP contribution in [0.3, 0.4) is 0 Å². The van der Waals surface area contributed by atoms with Gasteiger partial charge in [0.1, 0.15) is 0 Å². The average molecular weight is 399 g/mol. The first kappa shape index (κ1) is 18.0. The number of aromatic nitrogens is 2. The van der Waals surface area contributed by atoms with E-state index >= 15 is 0 Å². The van der Waals surface area contributed by atoms with Gasteiger partial charge in [-0.1, -0.05) is 48.0 Å². The van der Waals surface area contributed by atoms with Crippen molar-refractivity contribution in [2.24, 2.45) is 11.7 Å². The Bertz CT molecular complexity index is 647. The molecule has 0 aliphatic carbocycles. The van der Waals surface area contributed by atoms with E-state index < -0.39 is 0 Å². The van der Waals surface area contributed by atoms with Crippen molar-refractivity contribution in [3.8, 4) is 0 Å². The molecule has 124 valence electrons. The lowest BCUT2D eigenvalue weighted by Gasteiger charge is -2.13. The van der Waals surface area contributed by atoms with Crippen LogP contribution in [0.4, 0.5) is 5.69 Å². The molecule has 0 radical (unpaired) electrons. The number of halogens is 1. The highest BCUT2D eigenvalue weighted by molar-refractivity contribution is 9.10. The zero-order valence-corrected chi connectivity index (χ0v) is 15.4. The van der Waals surface area contributed by atoms with Gasteiger partial charge in [-0.05, 0) is 30.2 Å². The SMILES string of the molecule is CC[C@@H](C)[C@H](N)c1nnc(SCC(=O)Nc2ccc(Br)cc2)o1. The maximum atomic E-state index is 11.9. The molecular formula is C15H19BrN4O2S. The van der Waals surface area contributed by atoms with Crippen molar-refractivity contribution >= 4 is 39.3 Å². The van der Waals surface area contributed by atoms with Crippen LogP contribution < -0.4 is 11.1 Å². The Morgan fingerprint density at radius 1 is 1.39 bits per heavy atom. The normalized spacial score (nSPS) is 13.6. The van der Waals surface area contributed by atoms with Gasteiger partial charge in [0.2, 0.25) is 11.8 Å². The summed E-state index contributed by atoms with van der Waals surface area (Å²) in [7, 11) is 0. The summed E-state index contributed by atoms with van der Waals surface area (Å²) >= 11 is 4.54. The predicted molar refractivity (Wildman–Crippen MR) is 94.2 cm³/mol. The molecule has 2 atom stereocenters. The van der Waals surface area contributed by atoms with E-state index in [2.05, 4.69) is 38.4 Å². The standard InChI is InChI=1S/C15H19BrN4O2S/c1-3-9(2)13(17)14-19-20-15(22-14)23-8-12(21)18-11-6-4-10(16)5-7-11/h4-7,9,13H,3,8,17H2,1-2H3,(H,18,21)/t9-,13+/m1/s1. The molecule has 1 aromatic carbocycles. The first-order valence-corrected chi connectivity index (χ1v) is 9.04. The van der Waals surface area contributed by atoms with Gasteiger partial charge < -0.3 is 15.5 Å². The van der Waals surface area contributed by atoms with Crippen LogP contribution in [-0.4, -0.2) is 21.9 Å². The minimum absolute atomic E-state index is 0.136. The third-order valence-electron chi connectivity index (χ3n) is 3.42. The molecule has 23 heavy (non-hydrogen) atoms. The van der Waals surface area contributed by atoms with Crippen LogP contribution in [0.15, 0.2) is 38.4 Å². The lowest BCUT2D eigenvalue weighted by atomic mass is 10.0. The second kappa shape index (κ2) is 8.47. The van der Waals surface area contributed by atoms with E-state index in [4.69, 9.17) is 10.2 Å². The Labute approximate surface area is 147 Å². The number of anilines is 1. The Balaban J connectivity index is 1.85. The van der Waals surface area contributed by atoms with Gasteiger partial charge in [0, 0.05) is 10.2 Å². The molecule has 1 aromatic heterocycles. The number of hydrogen-bond acceptors (Lipinski definition) is 6. The fourth-order valence-electron chi connectivity index (χ4n) is 1.77. The number of nitrogens with two attached hydrogens (primary N) is 1. The molecule has 0 fully saturated rings. The number of amides is 1. The summed E-state index contributed by atoms with van der Waals surface area (Å²) in [5.41, 5.74) is 6.78. The Morgan fingerprint density at radius 3 is 2.74 bits per heavy atom. The summed E-state index contributed by atoms with van der Waals surface area (Å²) in [5, 5.41) is 11.0. The van der Waals surface area contributed by atoms with Crippen LogP contribution in [0.2, 0.25) is 0 Å². The van der Waals surface area contributed by atoms with Gasteiger partial charge in [0.25, 0.3) is 5.22 Å². The van der Waals surface area contributed by atoms with Crippen molar-refractivity contribution in [3.63, 3.8) is 0 Å². The van der Waals surface area contributed by atoms with Crippen molar-refractivity contribution < 1.29 is 9.21 Å². The molecule has 3 N–H and O–H groups in total. The highest BCUT2D eigenvalue weighted by Crippen LogP contribution is 2.24. The van der Waals surface area contributed by atoms with Gasteiger partial charge in [-0.2, -0.15) is 0 Å². The zero-order valence-electron chi connectivity index (χ0n) is 13.0. The second-order valence-corrected chi connectivity index (χ2v) is 7.00. The van der Waals surface area contributed by atoms with E-state index in [1.165, 1.54) is 11.8 Å². The summed E-state index contributed by atoms with van der Waals surface area (Å²) in [6.45, 7) is 4.09. The smallest absolute Gasteiger partial charge is 0.277 e. The first-order valence-electron chi connectivity index (χ1n) is 7.26. The minimum atomic E-state index is -0.279. The van der Waals surface area contributed by atoms with Crippen molar-refractivity contribution in [1.29, 1.82) is 0 Å². The fourth-order valence-corrected chi connectivity index (χ4v) is 2.60. The second-order valence-electron chi connectivity index (χ2n) is 5.16.